The normalized spacial score (nSPS) is 25.2. The Bertz CT molecular complexity index is 368. The van der Waals surface area contributed by atoms with Crippen molar-refractivity contribution in [3.05, 3.63) is 0 Å². The number of nitrogens with zero attached hydrogens (tertiary/aromatic N) is 1. The number of sulfonamides is 1. The van der Waals surface area contributed by atoms with Gasteiger partial charge in [0.25, 0.3) is 0 Å². The van der Waals surface area contributed by atoms with E-state index >= 15 is 0 Å². The van der Waals surface area contributed by atoms with Crippen LogP contribution in [0.1, 0.15) is 39.5 Å². The van der Waals surface area contributed by atoms with E-state index in [-0.39, 0.29) is 4.99 Å². The molecule has 0 spiro atoms. The molecular formula is C11H22N2O2S2. The zero-order valence-electron chi connectivity index (χ0n) is 10.6. The summed E-state index contributed by atoms with van der Waals surface area (Å²) in [7, 11) is -3.35. The maximum absolute atomic E-state index is 12.2. The van der Waals surface area contributed by atoms with E-state index in [1.807, 2.05) is 0 Å². The van der Waals surface area contributed by atoms with Gasteiger partial charge in [-0.1, -0.05) is 25.6 Å². The summed E-state index contributed by atoms with van der Waals surface area (Å²) in [5, 5.41) is -0.754. The van der Waals surface area contributed by atoms with E-state index in [0.717, 1.165) is 25.7 Å². The monoisotopic (exact) mass is 278 g/mol. The molecule has 0 radical (unpaired) electrons. The second-order valence-electron chi connectivity index (χ2n) is 4.69. The highest BCUT2D eigenvalue weighted by molar-refractivity contribution is 7.92. The minimum absolute atomic E-state index is 0.0567. The van der Waals surface area contributed by atoms with Gasteiger partial charge in [-0.2, -0.15) is 0 Å². The molecule has 0 aromatic rings. The quantitative estimate of drug-likeness (QED) is 0.792. The second kappa shape index (κ2) is 6.11. The van der Waals surface area contributed by atoms with Gasteiger partial charge in [0.05, 0.1) is 4.99 Å². The summed E-state index contributed by atoms with van der Waals surface area (Å²) >= 11 is 4.79. The van der Waals surface area contributed by atoms with E-state index in [0.29, 0.717) is 19.0 Å². The van der Waals surface area contributed by atoms with Gasteiger partial charge in [-0.25, -0.2) is 12.7 Å². The number of nitrogens with two attached hydrogens (primary N) is 1. The predicted octanol–water partition coefficient (Wildman–Crippen LogP) is 1.50. The Morgan fingerprint density at radius 3 is 2.65 bits per heavy atom. The van der Waals surface area contributed by atoms with E-state index in [1.165, 1.54) is 0 Å². The van der Waals surface area contributed by atoms with Crippen LogP contribution in [0.15, 0.2) is 0 Å². The highest BCUT2D eigenvalue weighted by Crippen LogP contribution is 2.23. The molecule has 0 saturated carbocycles. The third-order valence-electron chi connectivity index (χ3n) is 3.59. The summed E-state index contributed by atoms with van der Waals surface area (Å²) in [6, 6.07) is 0. The third-order valence-corrected chi connectivity index (χ3v) is 6.33. The molecule has 1 saturated heterocycles. The van der Waals surface area contributed by atoms with Gasteiger partial charge in [0.2, 0.25) is 10.0 Å². The highest BCUT2D eigenvalue weighted by atomic mass is 32.2. The van der Waals surface area contributed by atoms with Gasteiger partial charge in [-0.05, 0) is 32.1 Å². The average molecular weight is 278 g/mol. The molecule has 0 aromatic heterocycles. The Labute approximate surface area is 110 Å². The first-order valence-corrected chi connectivity index (χ1v) is 8.09. The van der Waals surface area contributed by atoms with Crippen molar-refractivity contribution in [2.24, 2.45) is 11.7 Å². The molecule has 100 valence electrons. The Kier molecular flexibility index (Phi) is 5.34. The third kappa shape index (κ3) is 3.63. The van der Waals surface area contributed by atoms with Crippen molar-refractivity contribution in [1.82, 2.24) is 4.31 Å². The van der Waals surface area contributed by atoms with Gasteiger partial charge in [0.15, 0.2) is 0 Å². The molecule has 1 rings (SSSR count). The molecule has 0 bridgehead atoms. The number of rotatable bonds is 4. The van der Waals surface area contributed by atoms with Crippen molar-refractivity contribution in [2.45, 2.75) is 44.8 Å². The highest BCUT2D eigenvalue weighted by Gasteiger charge is 2.31. The molecule has 2 atom stereocenters. The van der Waals surface area contributed by atoms with Crippen LogP contribution in [0.2, 0.25) is 0 Å². The Balaban J connectivity index is 2.76. The van der Waals surface area contributed by atoms with Crippen molar-refractivity contribution >= 4 is 27.2 Å². The lowest BCUT2D eigenvalue weighted by Gasteiger charge is -2.23. The molecule has 1 heterocycles. The molecule has 6 heteroatoms. The van der Waals surface area contributed by atoms with Gasteiger partial charge in [-0.15, -0.1) is 0 Å². The minimum atomic E-state index is -3.35. The summed E-state index contributed by atoms with van der Waals surface area (Å²) in [5.41, 5.74) is 5.45. The first-order valence-electron chi connectivity index (χ1n) is 6.17. The predicted molar refractivity (Wildman–Crippen MR) is 74.4 cm³/mol. The van der Waals surface area contributed by atoms with Crippen LogP contribution in [0.3, 0.4) is 0 Å². The molecule has 0 aliphatic carbocycles. The summed E-state index contributed by atoms with van der Waals surface area (Å²) < 4.78 is 26.0. The van der Waals surface area contributed by atoms with Crippen molar-refractivity contribution in [3.8, 4) is 0 Å². The molecule has 0 amide bonds. The fraction of sp³-hybridized carbons (Fsp3) is 0.909. The number of thiocarbonyl (C=S) groups is 1. The first kappa shape index (κ1) is 14.9. The zero-order valence-corrected chi connectivity index (χ0v) is 12.2. The van der Waals surface area contributed by atoms with Crippen LogP contribution in [0.4, 0.5) is 0 Å². The van der Waals surface area contributed by atoms with Gasteiger partial charge in [-0.3, -0.25) is 0 Å². The molecule has 2 unspecified atom stereocenters. The topological polar surface area (TPSA) is 63.4 Å². The summed E-state index contributed by atoms with van der Waals surface area (Å²) in [5.74, 6) is 0.648. The lowest BCUT2D eigenvalue weighted by atomic mass is 9.98. The van der Waals surface area contributed by atoms with Crippen LogP contribution in [-0.2, 0) is 10.0 Å². The molecule has 1 aliphatic heterocycles. The fourth-order valence-corrected chi connectivity index (χ4v) is 4.02. The van der Waals surface area contributed by atoms with Crippen molar-refractivity contribution in [2.75, 3.05) is 13.1 Å². The van der Waals surface area contributed by atoms with Gasteiger partial charge < -0.3 is 5.73 Å². The Hall–Kier alpha value is -0.200. The smallest absolute Gasteiger partial charge is 0.223 e. The molecule has 0 aromatic carbocycles. The van der Waals surface area contributed by atoms with E-state index in [9.17, 15) is 8.42 Å². The van der Waals surface area contributed by atoms with E-state index < -0.39 is 15.3 Å². The van der Waals surface area contributed by atoms with Crippen LogP contribution in [-0.4, -0.2) is 36.1 Å². The molecular weight excluding hydrogens is 256 g/mol. The maximum atomic E-state index is 12.2. The molecule has 4 nitrogen and oxygen atoms in total. The number of hydrogen-bond donors (Lipinski definition) is 1. The van der Waals surface area contributed by atoms with E-state index in [4.69, 9.17) is 18.0 Å². The molecule has 1 aliphatic rings. The molecule has 1 fully saturated rings. The van der Waals surface area contributed by atoms with Gasteiger partial charge in [0, 0.05) is 13.1 Å². The largest absolute Gasteiger partial charge is 0.392 e. The minimum Gasteiger partial charge on any atom is -0.392 e. The van der Waals surface area contributed by atoms with Crippen LogP contribution in [0, 0.1) is 5.92 Å². The fourth-order valence-electron chi connectivity index (χ4n) is 2.17. The van der Waals surface area contributed by atoms with Crippen molar-refractivity contribution in [3.63, 3.8) is 0 Å². The SMILES string of the molecule is CCC1CCCN(S(=O)(=O)C(C)C(N)=S)CC1. The van der Waals surface area contributed by atoms with Crippen LogP contribution < -0.4 is 5.73 Å². The molecule has 17 heavy (non-hydrogen) atoms. The molecule has 2 N–H and O–H groups in total. The number of hydrogen-bond acceptors (Lipinski definition) is 3. The van der Waals surface area contributed by atoms with Crippen molar-refractivity contribution in [1.29, 1.82) is 0 Å². The average Bonchev–Trinajstić information content (AvgIpc) is 2.53. The summed E-state index contributed by atoms with van der Waals surface area (Å²) in [6.45, 7) is 4.94. The van der Waals surface area contributed by atoms with Crippen LogP contribution in [0.5, 0.6) is 0 Å². The van der Waals surface area contributed by atoms with Crippen molar-refractivity contribution < 1.29 is 8.42 Å². The lowest BCUT2D eigenvalue weighted by molar-refractivity contribution is 0.406. The lowest BCUT2D eigenvalue weighted by Crippen LogP contribution is -2.43. The summed E-state index contributed by atoms with van der Waals surface area (Å²) in [6.07, 6.45) is 4.12. The van der Waals surface area contributed by atoms with Crippen LogP contribution in [0.25, 0.3) is 0 Å². The summed E-state index contributed by atoms with van der Waals surface area (Å²) in [4.78, 5) is 0.0567. The maximum Gasteiger partial charge on any atom is 0.223 e. The van der Waals surface area contributed by atoms with E-state index in [1.54, 1.807) is 11.2 Å². The standard InChI is InChI=1S/C11H22N2O2S2/c1-3-10-5-4-7-13(8-6-10)17(14,15)9(2)11(12)16/h9-10H,3-8H2,1-2H3,(H2,12,16). The Morgan fingerprint density at radius 2 is 2.12 bits per heavy atom. The Morgan fingerprint density at radius 1 is 1.47 bits per heavy atom. The van der Waals surface area contributed by atoms with Gasteiger partial charge >= 0.3 is 0 Å². The zero-order chi connectivity index (χ0) is 13.1. The van der Waals surface area contributed by atoms with Crippen LogP contribution >= 0.6 is 12.2 Å². The first-order chi connectivity index (χ1) is 7.89. The van der Waals surface area contributed by atoms with E-state index in [2.05, 4.69) is 6.92 Å². The second-order valence-corrected chi connectivity index (χ2v) is 7.42. The van der Waals surface area contributed by atoms with Gasteiger partial charge in [0.1, 0.15) is 5.25 Å².